The van der Waals surface area contributed by atoms with E-state index in [4.69, 9.17) is 0 Å². The summed E-state index contributed by atoms with van der Waals surface area (Å²) in [5.74, 6) is 2.51. The summed E-state index contributed by atoms with van der Waals surface area (Å²) >= 11 is 0. The molecule has 0 spiro atoms. The lowest BCUT2D eigenvalue weighted by molar-refractivity contribution is 0.140. The van der Waals surface area contributed by atoms with Crippen LogP contribution in [0.3, 0.4) is 0 Å². The van der Waals surface area contributed by atoms with Crippen LogP contribution in [-0.4, -0.2) is 49.1 Å². The third kappa shape index (κ3) is 7.79. The van der Waals surface area contributed by atoms with Crippen LogP contribution in [0.25, 0.3) is 0 Å². The highest BCUT2D eigenvalue weighted by Gasteiger charge is 2.20. The fraction of sp³-hybridized carbons (Fsp3) is 0.667. The van der Waals surface area contributed by atoms with Gasteiger partial charge in [0, 0.05) is 32.9 Å². The van der Waals surface area contributed by atoms with Crippen LogP contribution in [0.4, 0.5) is 0 Å². The maximum absolute atomic E-state index is 4.30. The first-order valence-electron chi connectivity index (χ1n) is 8.74. The lowest BCUT2D eigenvalue weighted by Crippen LogP contribution is -2.41. The predicted molar refractivity (Wildman–Crippen MR) is 112 cm³/mol. The van der Waals surface area contributed by atoms with E-state index in [1.54, 1.807) is 0 Å². The molecule has 0 aromatic carbocycles. The second-order valence-electron chi connectivity index (χ2n) is 6.73. The minimum atomic E-state index is 0. The van der Waals surface area contributed by atoms with E-state index in [-0.39, 0.29) is 24.0 Å². The van der Waals surface area contributed by atoms with Crippen molar-refractivity contribution in [3.63, 3.8) is 0 Å². The molecule has 1 aliphatic rings. The van der Waals surface area contributed by atoms with Gasteiger partial charge in [0.25, 0.3) is 0 Å². The first-order valence-corrected chi connectivity index (χ1v) is 8.74. The molecule has 0 bridgehead atoms. The van der Waals surface area contributed by atoms with E-state index in [0.717, 1.165) is 36.5 Å². The lowest BCUT2D eigenvalue weighted by atomic mass is 9.92. The number of rotatable bonds is 6. The number of nitrogens with one attached hydrogen (secondary N) is 2. The molecule has 24 heavy (non-hydrogen) atoms. The largest absolute Gasteiger partial charge is 0.356 e. The second-order valence-corrected chi connectivity index (χ2v) is 6.73. The molecular formula is C18H32IN5. The van der Waals surface area contributed by atoms with Crippen LogP contribution in [0.1, 0.15) is 32.4 Å². The number of nitrogens with zero attached hydrogens (tertiary/aromatic N) is 3. The van der Waals surface area contributed by atoms with Gasteiger partial charge in [-0.25, -0.2) is 0 Å². The van der Waals surface area contributed by atoms with Gasteiger partial charge in [-0.2, -0.15) is 0 Å². The van der Waals surface area contributed by atoms with Crippen LogP contribution in [0.5, 0.6) is 0 Å². The van der Waals surface area contributed by atoms with Crippen molar-refractivity contribution in [2.24, 2.45) is 16.8 Å². The van der Waals surface area contributed by atoms with Crippen LogP contribution in [0.15, 0.2) is 29.4 Å². The first kappa shape index (κ1) is 21.2. The number of hydrogen-bond donors (Lipinski definition) is 2. The summed E-state index contributed by atoms with van der Waals surface area (Å²) in [6.45, 7) is 10.0. The van der Waals surface area contributed by atoms with Crippen molar-refractivity contribution < 1.29 is 0 Å². The zero-order valence-electron chi connectivity index (χ0n) is 15.2. The molecule has 2 heterocycles. The predicted octanol–water partition coefficient (Wildman–Crippen LogP) is 2.73. The highest BCUT2D eigenvalue weighted by atomic mass is 127. The van der Waals surface area contributed by atoms with Gasteiger partial charge in [-0.05, 0) is 43.4 Å². The van der Waals surface area contributed by atoms with Gasteiger partial charge >= 0.3 is 0 Å². The van der Waals surface area contributed by atoms with Gasteiger partial charge in [0.1, 0.15) is 0 Å². The first-order chi connectivity index (χ1) is 11.2. The Labute approximate surface area is 163 Å². The molecule has 0 amide bonds. The molecule has 6 heteroatoms. The smallest absolute Gasteiger partial charge is 0.191 e. The van der Waals surface area contributed by atoms with Crippen LogP contribution >= 0.6 is 24.0 Å². The molecule has 1 saturated heterocycles. The third-order valence-corrected chi connectivity index (χ3v) is 4.27. The molecule has 0 aliphatic carbocycles. The van der Waals surface area contributed by atoms with Gasteiger partial charge < -0.3 is 15.5 Å². The second kappa shape index (κ2) is 11.6. The number of piperidine rings is 1. The molecule has 5 nitrogen and oxygen atoms in total. The highest BCUT2D eigenvalue weighted by molar-refractivity contribution is 14.0. The summed E-state index contributed by atoms with van der Waals surface area (Å²) in [5.41, 5.74) is 1.02. The van der Waals surface area contributed by atoms with Gasteiger partial charge in [0.2, 0.25) is 0 Å². The maximum Gasteiger partial charge on any atom is 0.191 e. The van der Waals surface area contributed by atoms with E-state index in [0.29, 0.717) is 6.54 Å². The Hall–Kier alpha value is -0.890. The van der Waals surface area contributed by atoms with E-state index < -0.39 is 0 Å². The number of aromatic nitrogens is 1. The van der Waals surface area contributed by atoms with Crippen molar-refractivity contribution in [1.82, 2.24) is 20.5 Å². The fourth-order valence-electron chi connectivity index (χ4n) is 3.38. The zero-order valence-corrected chi connectivity index (χ0v) is 17.5. The number of aliphatic imine (C=N–C) groups is 1. The Balaban J connectivity index is 0.00000288. The van der Waals surface area contributed by atoms with Gasteiger partial charge in [0.05, 0.1) is 12.2 Å². The molecule has 136 valence electrons. The third-order valence-electron chi connectivity index (χ3n) is 4.27. The van der Waals surface area contributed by atoms with Crippen LogP contribution in [0, 0.1) is 11.8 Å². The van der Waals surface area contributed by atoms with Crippen molar-refractivity contribution in [2.45, 2.75) is 33.2 Å². The monoisotopic (exact) mass is 445 g/mol. The molecule has 1 fully saturated rings. The summed E-state index contributed by atoms with van der Waals surface area (Å²) in [6.07, 6.45) is 4.33. The molecule has 2 rings (SSSR count). The number of hydrogen-bond acceptors (Lipinski definition) is 3. The summed E-state index contributed by atoms with van der Waals surface area (Å²) in [6, 6.07) is 5.94. The van der Waals surface area contributed by atoms with E-state index in [9.17, 15) is 0 Å². The molecule has 1 aromatic rings. The summed E-state index contributed by atoms with van der Waals surface area (Å²) in [5, 5.41) is 6.69. The van der Waals surface area contributed by atoms with Crippen molar-refractivity contribution in [1.29, 1.82) is 0 Å². The maximum atomic E-state index is 4.30. The molecule has 0 radical (unpaired) electrons. The minimum Gasteiger partial charge on any atom is -0.356 e. The minimum absolute atomic E-state index is 0. The highest BCUT2D eigenvalue weighted by Crippen LogP contribution is 2.20. The van der Waals surface area contributed by atoms with Crippen molar-refractivity contribution >= 4 is 29.9 Å². The zero-order chi connectivity index (χ0) is 16.5. The van der Waals surface area contributed by atoms with E-state index in [1.165, 1.54) is 26.1 Å². The molecule has 0 saturated carbocycles. The van der Waals surface area contributed by atoms with Gasteiger partial charge in [-0.1, -0.05) is 19.9 Å². The van der Waals surface area contributed by atoms with E-state index in [1.807, 2.05) is 31.4 Å². The molecular weight excluding hydrogens is 413 g/mol. The average molecular weight is 445 g/mol. The van der Waals surface area contributed by atoms with Crippen LogP contribution in [0.2, 0.25) is 0 Å². The van der Waals surface area contributed by atoms with E-state index in [2.05, 4.69) is 39.4 Å². The molecule has 2 atom stereocenters. The Morgan fingerprint density at radius 1 is 1.25 bits per heavy atom. The molecule has 2 unspecified atom stereocenters. The number of guanidine groups is 1. The van der Waals surface area contributed by atoms with Crippen LogP contribution in [-0.2, 0) is 6.54 Å². The topological polar surface area (TPSA) is 52.6 Å². The number of pyridine rings is 1. The van der Waals surface area contributed by atoms with Crippen molar-refractivity contribution in [3.05, 3.63) is 30.1 Å². The summed E-state index contributed by atoms with van der Waals surface area (Å²) < 4.78 is 0. The molecule has 2 N–H and O–H groups in total. The SMILES string of the molecule is CN=C(NCCCN1CC(C)CC(C)C1)NCc1ccccn1.I. The van der Waals surface area contributed by atoms with E-state index >= 15 is 0 Å². The van der Waals surface area contributed by atoms with Gasteiger partial charge in [-0.3, -0.25) is 9.98 Å². The van der Waals surface area contributed by atoms with Crippen LogP contribution < -0.4 is 10.6 Å². The number of halogens is 1. The van der Waals surface area contributed by atoms with Gasteiger partial charge in [-0.15, -0.1) is 24.0 Å². The van der Waals surface area contributed by atoms with Crippen molar-refractivity contribution in [2.75, 3.05) is 33.2 Å². The Morgan fingerprint density at radius 3 is 2.62 bits per heavy atom. The standard InChI is InChI=1S/C18H31N5.HI/c1-15-11-16(2)14-23(13-15)10-6-9-21-18(19-3)22-12-17-7-4-5-8-20-17;/h4-5,7-8,15-16H,6,9-14H2,1-3H3,(H2,19,21,22);1H. The normalized spacial score (nSPS) is 21.9. The number of likely N-dealkylation sites (tertiary alicyclic amines) is 1. The Kier molecular flexibility index (Phi) is 10.2. The summed E-state index contributed by atoms with van der Waals surface area (Å²) in [7, 11) is 1.81. The molecule has 1 aliphatic heterocycles. The molecule has 1 aromatic heterocycles. The Morgan fingerprint density at radius 2 is 2.00 bits per heavy atom. The lowest BCUT2D eigenvalue weighted by Gasteiger charge is -2.35. The van der Waals surface area contributed by atoms with Crippen molar-refractivity contribution in [3.8, 4) is 0 Å². The summed E-state index contributed by atoms with van der Waals surface area (Å²) in [4.78, 5) is 11.2. The quantitative estimate of drug-likeness (QED) is 0.306. The van der Waals surface area contributed by atoms with Gasteiger partial charge in [0.15, 0.2) is 5.96 Å². The average Bonchev–Trinajstić information content (AvgIpc) is 2.54. The Bertz CT molecular complexity index is 470. The fourth-order valence-corrected chi connectivity index (χ4v) is 3.38.